The molecule has 5 aromatic rings. The third-order valence-corrected chi connectivity index (χ3v) is 5.18. The Bertz CT molecular complexity index is 1560. The van der Waals surface area contributed by atoms with Crippen LogP contribution in [0.15, 0.2) is 91.3 Å². The molecule has 0 saturated carbocycles. The number of aromatic nitrogens is 5. The number of anilines is 2. The predicted octanol–water partition coefficient (Wildman–Crippen LogP) is 4.16. The van der Waals surface area contributed by atoms with Crippen LogP contribution in [-0.4, -0.2) is 43.4 Å². The van der Waals surface area contributed by atoms with Crippen molar-refractivity contribution in [3.63, 3.8) is 0 Å². The van der Waals surface area contributed by atoms with Crippen molar-refractivity contribution in [1.29, 1.82) is 0 Å². The van der Waals surface area contributed by atoms with Crippen molar-refractivity contribution in [2.75, 3.05) is 11.5 Å². The molecule has 0 aliphatic carbocycles. The van der Waals surface area contributed by atoms with Gasteiger partial charge in [-0.25, -0.2) is 8.42 Å². The zero-order chi connectivity index (χ0) is 29.2. The van der Waals surface area contributed by atoms with Crippen molar-refractivity contribution in [3.8, 4) is 33.9 Å². The molecule has 10 nitrogen and oxygen atoms in total. The summed E-state index contributed by atoms with van der Waals surface area (Å²) in [5.41, 5.74) is 9.93. The van der Waals surface area contributed by atoms with Crippen LogP contribution in [0.4, 0.5) is 25.1 Å². The smallest absolute Gasteiger partial charge is 0.741 e. The number of halogens is 3. The van der Waals surface area contributed by atoms with E-state index in [4.69, 9.17) is 24.4 Å². The van der Waals surface area contributed by atoms with Crippen molar-refractivity contribution in [1.82, 2.24) is 24.9 Å². The minimum absolute atomic E-state index is 0. The normalized spacial score (nSPS) is 10.6. The number of alkyl halides is 3. The summed E-state index contributed by atoms with van der Waals surface area (Å²) in [6, 6.07) is 31.7. The molecule has 0 saturated heterocycles. The monoisotopic (exact) mass is 763 g/mol. The Labute approximate surface area is 249 Å². The van der Waals surface area contributed by atoms with Crippen LogP contribution in [0.1, 0.15) is 0 Å². The van der Waals surface area contributed by atoms with E-state index in [1.807, 2.05) is 66.7 Å². The van der Waals surface area contributed by atoms with Gasteiger partial charge in [0, 0.05) is 18.0 Å². The molecule has 3 heterocycles. The number of hydrogen-bond acceptors (Lipinski definition) is 10. The second-order valence-electron chi connectivity index (χ2n) is 7.47. The summed E-state index contributed by atoms with van der Waals surface area (Å²) in [4.78, 5) is 20.1. The fraction of sp³-hybridized carbons (Fsp3) is 0.0385. The van der Waals surface area contributed by atoms with E-state index in [2.05, 4.69) is 37.1 Å². The van der Waals surface area contributed by atoms with Gasteiger partial charge in [0.25, 0.3) is 0 Å². The Hall–Kier alpha value is -4.21. The maximum Gasteiger partial charge on any atom is 3.00 e. The van der Waals surface area contributed by atoms with Gasteiger partial charge in [0.1, 0.15) is 0 Å². The molecule has 4 N–H and O–H groups in total. The fourth-order valence-electron chi connectivity index (χ4n) is 2.88. The van der Waals surface area contributed by atoms with Crippen LogP contribution in [0.2, 0.25) is 0 Å². The Balaban J connectivity index is 0.000000229. The third kappa shape index (κ3) is 10.4. The van der Waals surface area contributed by atoms with E-state index in [9.17, 15) is 13.2 Å². The average Bonchev–Trinajstić information content (AvgIpc) is 2.94. The van der Waals surface area contributed by atoms with Crippen molar-refractivity contribution in [3.05, 3.63) is 103 Å². The molecule has 0 aliphatic rings. The van der Waals surface area contributed by atoms with Gasteiger partial charge in [-0.1, -0.05) is 18.2 Å². The second kappa shape index (κ2) is 15.0. The molecule has 3 aromatic heterocycles. The largest absolute Gasteiger partial charge is 3.00 e. The number of benzene rings is 2. The summed E-state index contributed by atoms with van der Waals surface area (Å²) in [5.74, 6) is 0.686. The van der Waals surface area contributed by atoms with Crippen LogP contribution in [0.25, 0.3) is 33.9 Å². The van der Waals surface area contributed by atoms with Gasteiger partial charge in [0.2, 0.25) is 11.9 Å². The molecule has 0 unspecified atom stereocenters. The molecular weight excluding hydrogens is 744 g/mol. The molecular formula is C26H19AuF3N7O3S. The predicted molar refractivity (Wildman–Crippen MR) is 140 cm³/mol. The SMILES string of the molecule is Nc1nc(N)nc(-c2ccncc2)n1.O=S(=O)([O-])C(F)(F)F.[Au+3].[c-]1ccccc1-c1cccc(-c2[c-]cccc2)n1. The van der Waals surface area contributed by atoms with Crippen molar-refractivity contribution in [2.24, 2.45) is 0 Å². The van der Waals surface area contributed by atoms with Gasteiger partial charge in [-0.3, -0.25) is 4.98 Å². The Morgan fingerprint density at radius 3 is 1.56 bits per heavy atom. The van der Waals surface area contributed by atoms with Crippen molar-refractivity contribution < 1.29 is 48.5 Å². The summed E-state index contributed by atoms with van der Waals surface area (Å²) in [7, 11) is -6.09. The third-order valence-electron chi connectivity index (χ3n) is 4.61. The summed E-state index contributed by atoms with van der Waals surface area (Å²) in [5, 5.41) is 0. The topological polar surface area (TPSA) is 174 Å². The molecule has 41 heavy (non-hydrogen) atoms. The number of nitrogen functional groups attached to an aromatic ring is 2. The second-order valence-corrected chi connectivity index (χ2v) is 8.84. The van der Waals surface area contributed by atoms with Crippen molar-refractivity contribution >= 4 is 22.0 Å². The standard InChI is InChI=1S/C17H11N.C8H8N6.CHF3O3S.Au/c1-3-8-14(9-4-1)16-12-7-13-17(18-16)15-10-5-2-6-11-15;9-7-12-6(13-8(10)14-7)5-1-3-11-4-2-5;2-1(3,4)8(5,6)7;/h1-8,10,12-13H;1-4H,(H4,9,10,12,13,14);(H,5,6,7);/q-2;;;+3/p-1. The fourth-order valence-corrected chi connectivity index (χ4v) is 2.88. The number of nitrogens with zero attached hydrogens (tertiary/aromatic N) is 5. The number of pyridine rings is 2. The summed E-state index contributed by atoms with van der Waals surface area (Å²) >= 11 is 0. The zero-order valence-corrected chi connectivity index (χ0v) is 23.6. The van der Waals surface area contributed by atoms with E-state index in [1.165, 1.54) is 0 Å². The van der Waals surface area contributed by atoms with E-state index in [-0.39, 0.29) is 34.3 Å². The number of rotatable bonds is 3. The molecule has 5 rings (SSSR count). The van der Waals surface area contributed by atoms with Gasteiger partial charge < -0.3 is 21.0 Å². The molecule has 0 bridgehead atoms. The van der Waals surface area contributed by atoms with Crippen LogP contribution in [-0.2, 0) is 32.5 Å². The molecule has 15 heteroatoms. The van der Waals surface area contributed by atoms with Gasteiger partial charge in [0.15, 0.2) is 15.9 Å². The Kier molecular flexibility index (Phi) is 12.1. The molecule has 0 radical (unpaired) electrons. The van der Waals surface area contributed by atoms with Crippen LogP contribution >= 0.6 is 0 Å². The van der Waals surface area contributed by atoms with E-state index in [1.54, 1.807) is 24.5 Å². The first-order valence-electron chi connectivity index (χ1n) is 11.0. The van der Waals surface area contributed by atoms with Gasteiger partial charge in [-0.2, -0.15) is 28.1 Å². The first kappa shape index (κ1) is 33.0. The molecule has 0 spiro atoms. The van der Waals surface area contributed by atoms with Gasteiger partial charge in [-0.05, 0) is 23.5 Å². The molecule has 214 valence electrons. The number of hydrogen-bond donors (Lipinski definition) is 2. The van der Waals surface area contributed by atoms with E-state index >= 15 is 0 Å². The van der Waals surface area contributed by atoms with E-state index in [0.717, 1.165) is 28.1 Å². The maximum absolute atomic E-state index is 10.7. The van der Waals surface area contributed by atoms with Crippen LogP contribution < -0.4 is 11.5 Å². The first-order chi connectivity index (χ1) is 18.9. The summed E-state index contributed by atoms with van der Waals surface area (Å²) < 4.78 is 58.9. The molecule has 2 aromatic carbocycles. The molecule has 0 atom stereocenters. The minimum atomic E-state index is -6.09. The van der Waals surface area contributed by atoms with Crippen LogP contribution in [0.3, 0.4) is 0 Å². The minimum Gasteiger partial charge on any atom is -0.741 e. The molecule has 0 amide bonds. The van der Waals surface area contributed by atoms with Crippen molar-refractivity contribution in [2.45, 2.75) is 5.51 Å². The van der Waals surface area contributed by atoms with E-state index in [0.29, 0.717) is 5.82 Å². The quantitative estimate of drug-likeness (QED) is 0.118. The molecule has 0 aliphatic heterocycles. The Morgan fingerprint density at radius 1 is 0.707 bits per heavy atom. The average molecular weight is 764 g/mol. The van der Waals surface area contributed by atoms with Crippen LogP contribution in [0.5, 0.6) is 0 Å². The first-order valence-corrected chi connectivity index (χ1v) is 12.5. The summed E-state index contributed by atoms with van der Waals surface area (Å²) in [6.07, 6.45) is 3.29. The summed E-state index contributed by atoms with van der Waals surface area (Å²) in [6.45, 7) is 0. The van der Waals surface area contributed by atoms with E-state index < -0.39 is 15.6 Å². The Morgan fingerprint density at radius 2 is 1.17 bits per heavy atom. The number of nitrogens with two attached hydrogens (primary N) is 2. The van der Waals surface area contributed by atoms with Crippen LogP contribution in [0, 0.1) is 12.1 Å². The molecule has 0 fully saturated rings. The maximum atomic E-state index is 10.7. The van der Waals surface area contributed by atoms with Gasteiger partial charge in [-0.15, -0.1) is 71.8 Å². The zero-order valence-electron chi connectivity index (χ0n) is 20.6. The van der Waals surface area contributed by atoms with Gasteiger partial charge >= 0.3 is 27.9 Å². The van der Waals surface area contributed by atoms with Gasteiger partial charge in [0.05, 0.1) is 0 Å².